The van der Waals surface area contributed by atoms with Gasteiger partial charge >= 0.3 is 0 Å². The van der Waals surface area contributed by atoms with Crippen LogP contribution in [0, 0.1) is 5.82 Å². The summed E-state index contributed by atoms with van der Waals surface area (Å²) < 4.78 is 14.0. The Morgan fingerprint density at radius 2 is 2.05 bits per heavy atom. The molecule has 1 aromatic carbocycles. The molecule has 0 radical (unpaired) electrons. The van der Waals surface area contributed by atoms with E-state index in [0.29, 0.717) is 22.1 Å². The highest BCUT2D eigenvalue weighted by molar-refractivity contribution is 9.10. The van der Waals surface area contributed by atoms with E-state index >= 15 is 0 Å². The SMILES string of the molecule is CN1C2CCC1CN(C(=O)c1cc(F)ccc1Br)CC2. The fourth-order valence-corrected chi connectivity index (χ4v) is 3.74. The molecule has 1 amide bonds. The second-order valence-electron chi connectivity index (χ2n) is 5.71. The number of likely N-dealkylation sites (tertiary alicyclic amines) is 1. The molecule has 2 fully saturated rings. The average molecular weight is 341 g/mol. The molecule has 2 unspecified atom stereocenters. The molecule has 3 nitrogen and oxygen atoms in total. The zero-order valence-electron chi connectivity index (χ0n) is 11.5. The summed E-state index contributed by atoms with van der Waals surface area (Å²) in [5, 5.41) is 0. The third-order valence-corrected chi connectivity index (χ3v) is 5.29. The van der Waals surface area contributed by atoms with Crippen LogP contribution in [0.15, 0.2) is 22.7 Å². The monoisotopic (exact) mass is 340 g/mol. The summed E-state index contributed by atoms with van der Waals surface area (Å²) in [6.45, 7) is 1.50. The molecule has 2 heterocycles. The van der Waals surface area contributed by atoms with Crippen LogP contribution >= 0.6 is 15.9 Å². The number of benzene rings is 1. The van der Waals surface area contributed by atoms with Gasteiger partial charge in [0.25, 0.3) is 5.91 Å². The van der Waals surface area contributed by atoms with Gasteiger partial charge in [0.1, 0.15) is 5.82 Å². The third kappa shape index (κ3) is 2.49. The molecule has 0 spiro atoms. The zero-order chi connectivity index (χ0) is 14.3. The van der Waals surface area contributed by atoms with Crippen LogP contribution in [0.3, 0.4) is 0 Å². The van der Waals surface area contributed by atoms with Gasteiger partial charge in [-0.05, 0) is 60.4 Å². The molecular formula is C15H18BrFN2O. The van der Waals surface area contributed by atoms with Crippen molar-refractivity contribution in [1.82, 2.24) is 9.80 Å². The standard InChI is InChI=1S/C15H18BrFN2O/c1-18-11-3-4-12(18)9-19(7-6-11)15(20)13-8-10(17)2-5-14(13)16/h2,5,8,11-12H,3-4,6-7,9H2,1H3. The fourth-order valence-electron chi connectivity index (χ4n) is 3.32. The van der Waals surface area contributed by atoms with Crippen LogP contribution in [0.4, 0.5) is 4.39 Å². The molecule has 108 valence electrons. The van der Waals surface area contributed by atoms with E-state index < -0.39 is 0 Å². The number of carbonyl (C=O) groups excluding carboxylic acids is 1. The Morgan fingerprint density at radius 3 is 2.85 bits per heavy atom. The van der Waals surface area contributed by atoms with Crippen molar-refractivity contribution >= 4 is 21.8 Å². The van der Waals surface area contributed by atoms with Gasteiger partial charge in [-0.15, -0.1) is 0 Å². The van der Waals surface area contributed by atoms with Crippen LogP contribution in [0.1, 0.15) is 29.6 Å². The van der Waals surface area contributed by atoms with E-state index in [9.17, 15) is 9.18 Å². The fraction of sp³-hybridized carbons (Fsp3) is 0.533. The van der Waals surface area contributed by atoms with E-state index in [-0.39, 0.29) is 11.7 Å². The molecule has 2 bridgehead atoms. The number of carbonyl (C=O) groups is 1. The van der Waals surface area contributed by atoms with Gasteiger partial charge in [-0.2, -0.15) is 0 Å². The summed E-state index contributed by atoms with van der Waals surface area (Å²) in [7, 11) is 2.15. The maximum atomic E-state index is 13.4. The van der Waals surface area contributed by atoms with Crippen LogP contribution < -0.4 is 0 Å². The Morgan fingerprint density at radius 1 is 1.30 bits per heavy atom. The van der Waals surface area contributed by atoms with E-state index in [1.165, 1.54) is 18.6 Å². The van der Waals surface area contributed by atoms with Crippen molar-refractivity contribution in [2.75, 3.05) is 20.1 Å². The van der Waals surface area contributed by atoms with Crippen molar-refractivity contribution in [1.29, 1.82) is 0 Å². The molecule has 2 aliphatic heterocycles. The predicted molar refractivity (Wildman–Crippen MR) is 79.2 cm³/mol. The molecule has 0 aliphatic carbocycles. The minimum Gasteiger partial charge on any atom is -0.337 e. The minimum atomic E-state index is -0.370. The lowest BCUT2D eigenvalue weighted by Crippen LogP contribution is -2.39. The lowest BCUT2D eigenvalue weighted by Gasteiger charge is -2.26. The van der Waals surface area contributed by atoms with E-state index in [1.807, 2.05) is 4.90 Å². The number of amides is 1. The van der Waals surface area contributed by atoms with Gasteiger partial charge in [0.2, 0.25) is 0 Å². The van der Waals surface area contributed by atoms with Crippen molar-refractivity contribution < 1.29 is 9.18 Å². The van der Waals surface area contributed by atoms with Gasteiger partial charge < -0.3 is 4.90 Å². The lowest BCUT2D eigenvalue weighted by atomic mass is 10.1. The highest BCUT2D eigenvalue weighted by Crippen LogP contribution is 2.29. The van der Waals surface area contributed by atoms with E-state index in [1.54, 1.807) is 6.07 Å². The summed E-state index contributed by atoms with van der Waals surface area (Å²) in [6.07, 6.45) is 3.38. The molecule has 0 N–H and O–H groups in total. The first kappa shape index (κ1) is 14.0. The Balaban J connectivity index is 1.82. The van der Waals surface area contributed by atoms with Crippen molar-refractivity contribution in [2.45, 2.75) is 31.3 Å². The number of fused-ring (bicyclic) bond motifs is 2. The van der Waals surface area contributed by atoms with Crippen LogP contribution in [-0.4, -0.2) is 47.9 Å². The number of rotatable bonds is 1. The maximum Gasteiger partial charge on any atom is 0.255 e. The van der Waals surface area contributed by atoms with Crippen molar-refractivity contribution in [3.8, 4) is 0 Å². The van der Waals surface area contributed by atoms with E-state index in [2.05, 4.69) is 27.9 Å². The molecule has 0 aromatic heterocycles. The molecule has 3 rings (SSSR count). The topological polar surface area (TPSA) is 23.6 Å². The highest BCUT2D eigenvalue weighted by atomic mass is 79.9. The lowest BCUT2D eigenvalue weighted by molar-refractivity contribution is 0.0739. The van der Waals surface area contributed by atoms with Gasteiger partial charge in [0, 0.05) is 29.6 Å². The molecule has 2 saturated heterocycles. The van der Waals surface area contributed by atoms with Crippen LogP contribution in [0.2, 0.25) is 0 Å². The first-order valence-corrected chi connectivity index (χ1v) is 7.82. The second kappa shape index (κ2) is 5.45. The second-order valence-corrected chi connectivity index (χ2v) is 6.57. The first-order chi connectivity index (χ1) is 9.56. The molecule has 2 atom stereocenters. The van der Waals surface area contributed by atoms with Crippen LogP contribution in [-0.2, 0) is 0 Å². The average Bonchev–Trinajstić information content (AvgIpc) is 2.65. The zero-order valence-corrected chi connectivity index (χ0v) is 13.1. The van der Waals surface area contributed by atoms with Crippen molar-refractivity contribution in [3.05, 3.63) is 34.1 Å². The predicted octanol–water partition coefficient (Wildman–Crippen LogP) is 2.90. The van der Waals surface area contributed by atoms with Crippen LogP contribution in [0.5, 0.6) is 0 Å². The Kier molecular flexibility index (Phi) is 3.82. The maximum absolute atomic E-state index is 13.4. The summed E-state index contributed by atoms with van der Waals surface area (Å²) in [4.78, 5) is 16.9. The summed E-state index contributed by atoms with van der Waals surface area (Å²) in [5.74, 6) is -0.442. The van der Waals surface area contributed by atoms with Gasteiger partial charge in [-0.1, -0.05) is 0 Å². The number of hydrogen-bond acceptors (Lipinski definition) is 2. The normalized spacial score (nSPS) is 26.6. The molecule has 1 aromatic rings. The van der Waals surface area contributed by atoms with Crippen LogP contribution in [0.25, 0.3) is 0 Å². The van der Waals surface area contributed by atoms with Gasteiger partial charge in [-0.25, -0.2) is 4.39 Å². The first-order valence-electron chi connectivity index (χ1n) is 7.02. The summed E-state index contributed by atoms with van der Waals surface area (Å²) in [6, 6.07) is 5.31. The summed E-state index contributed by atoms with van der Waals surface area (Å²) in [5.41, 5.74) is 0.422. The third-order valence-electron chi connectivity index (χ3n) is 4.59. The molecule has 5 heteroatoms. The summed E-state index contributed by atoms with van der Waals surface area (Å²) >= 11 is 3.35. The van der Waals surface area contributed by atoms with E-state index in [0.717, 1.165) is 25.9 Å². The Bertz CT molecular complexity index is 537. The Labute approximate surface area is 126 Å². The van der Waals surface area contributed by atoms with Crippen molar-refractivity contribution in [2.24, 2.45) is 0 Å². The number of nitrogens with zero attached hydrogens (tertiary/aromatic N) is 2. The smallest absolute Gasteiger partial charge is 0.255 e. The molecule has 20 heavy (non-hydrogen) atoms. The molecular weight excluding hydrogens is 323 g/mol. The Hall–Kier alpha value is -0.940. The van der Waals surface area contributed by atoms with Gasteiger partial charge in [0.05, 0.1) is 5.56 Å². The minimum absolute atomic E-state index is 0.0719. The van der Waals surface area contributed by atoms with Gasteiger partial charge in [-0.3, -0.25) is 9.69 Å². The highest BCUT2D eigenvalue weighted by Gasteiger charge is 2.36. The quantitative estimate of drug-likeness (QED) is 0.784. The number of halogens is 2. The number of likely N-dealkylation sites (N-methyl/N-ethyl adjacent to an activating group) is 1. The van der Waals surface area contributed by atoms with Gasteiger partial charge in [0.15, 0.2) is 0 Å². The van der Waals surface area contributed by atoms with Crippen molar-refractivity contribution in [3.63, 3.8) is 0 Å². The van der Waals surface area contributed by atoms with E-state index in [4.69, 9.17) is 0 Å². The number of hydrogen-bond donors (Lipinski definition) is 0. The molecule has 2 aliphatic rings. The largest absolute Gasteiger partial charge is 0.337 e. The molecule has 0 saturated carbocycles.